The van der Waals surface area contributed by atoms with Crippen LogP contribution in [0.25, 0.3) is 10.9 Å². The van der Waals surface area contributed by atoms with Gasteiger partial charge in [0.1, 0.15) is 0 Å². The van der Waals surface area contributed by atoms with Crippen molar-refractivity contribution in [2.75, 3.05) is 14.1 Å². The molecule has 0 spiro atoms. The van der Waals surface area contributed by atoms with Gasteiger partial charge in [-0.3, -0.25) is 10.2 Å². The number of hydrogen-bond acceptors (Lipinski definition) is 2. The van der Waals surface area contributed by atoms with E-state index >= 15 is 0 Å². The zero-order valence-corrected chi connectivity index (χ0v) is 11.3. The van der Waals surface area contributed by atoms with Crippen LogP contribution in [0.5, 0.6) is 0 Å². The number of aryl methyl sites for hydroxylation is 1. The minimum absolute atomic E-state index is 0.0105. The molecular formula is C14H19N3O. The van der Waals surface area contributed by atoms with E-state index in [2.05, 4.69) is 22.1 Å². The van der Waals surface area contributed by atoms with Crippen LogP contribution in [-0.2, 0) is 11.8 Å². The van der Waals surface area contributed by atoms with Gasteiger partial charge in [0, 0.05) is 38.2 Å². The molecule has 1 unspecified atom stereocenters. The fourth-order valence-electron chi connectivity index (χ4n) is 2.18. The van der Waals surface area contributed by atoms with Crippen LogP contribution in [0.4, 0.5) is 0 Å². The number of hydrazine groups is 1. The van der Waals surface area contributed by atoms with Crippen molar-refractivity contribution >= 4 is 16.8 Å². The minimum Gasteiger partial charge on any atom is -0.350 e. The molecule has 1 heterocycles. The van der Waals surface area contributed by atoms with E-state index in [9.17, 15) is 4.79 Å². The third-order valence-corrected chi connectivity index (χ3v) is 3.12. The smallest absolute Gasteiger partial charge is 0.241 e. The van der Waals surface area contributed by atoms with E-state index in [1.165, 1.54) is 0 Å². The van der Waals surface area contributed by atoms with Crippen molar-refractivity contribution in [3.8, 4) is 0 Å². The predicted octanol–water partition coefficient (Wildman–Crippen LogP) is 1.87. The maximum atomic E-state index is 12.0. The van der Waals surface area contributed by atoms with Gasteiger partial charge >= 0.3 is 0 Å². The second-order valence-corrected chi connectivity index (χ2v) is 4.80. The number of rotatable bonds is 3. The molecule has 0 radical (unpaired) electrons. The first-order valence-corrected chi connectivity index (χ1v) is 6.02. The van der Waals surface area contributed by atoms with E-state index in [0.29, 0.717) is 0 Å². The van der Waals surface area contributed by atoms with Crippen molar-refractivity contribution < 1.29 is 4.79 Å². The van der Waals surface area contributed by atoms with Crippen LogP contribution < -0.4 is 5.43 Å². The molecule has 0 aliphatic carbocycles. The van der Waals surface area contributed by atoms with E-state index in [1.807, 2.05) is 46.4 Å². The van der Waals surface area contributed by atoms with Gasteiger partial charge in [0.25, 0.3) is 0 Å². The van der Waals surface area contributed by atoms with Gasteiger partial charge in [-0.2, -0.15) is 0 Å². The van der Waals surface area contributed by atoms with Crippen molar-refractivity contribution in [2.24, 2.45) is 7.05 Å². The number of fused-ring (bicyclic) bond motifs is 1. The summed E-state index contributed by atoms with van der Waals surface area (Å²) in [6.07, 6.45) is 2.03. The SMILES string of the molecule is CC(C(=O)NN(C)C)c1cn(C)c2ccccc12. The maximum absolute atomic E-state index is 12.0. The summed E-state index contributed by atoms with van der Waals surface area (Å²) in [5.41, 5.74) is 5.01. The Balaban J connectivity index is 2.39. The summed E-state index contributed by atoms with van der Waals surface area (Å²) in [6, 6.07) is 8.14. The van der Waals surface area contributed by atoms with Crippen LogP contribution >= 0.6 is 0 Å². The summed E-state index contributed by atoms with van der Waals surface area (Å²) in [6.45, 7) is 1.93. The minimum atomic E-state index is -0.168. The predicted molar refractivity (Wildman–Crippen MR) is 73.2 cm³/mol. The lowest BCUT2D eigenvalue weighted by Gasteiger charge is -2.16. The van der Waals surface area contributed by atoms with Gasteiger partial charge in [0.15, 0.2) is 0 Å². The van der Waals surface area contributed by atoms with E-state index in [4.69, 9.17) is 0 Å². The zero-order chi connectivity index (χ0) is 13.3. The van der Waals surface area contributed by atoms with Crippen LogP contribution in [0.3, 0.4) is 0 Å². The highest BCUT2D eigenvalue weighted by molar-refractivity contribution is 5.91. The van der Waals surface area contributed by atoms with Crippen molar-refractivity contribution in [3.05, 3.63) is 36.0 Å². The summed E-state index contributed by atoms with van der Waals surface area (Å²) in [5.74, 6) is -0.158. The Kier molecular flexibility index (Phi) is 3.39. The summed E-state index contributed by atoms with van der Waals surface area (Å²) in [5, 5.41) is 2.81. The van der Waals surface area contributed by atoms with Gasteiger partial charge in [0.05, 0.1) is 5.92 Å². The third-order valence-electron chi connectivity index (χ3n) is 3.12. The van der Waals surface area contributed by atoms with Crippen LogP contribution in [0.15, 0.2) is 30.5 Å². The topological polar surface area (TPSA) is 37.3 Å². The highest BCUT2D eigenvalue weighted by atomic mass is 16.2. The average Bonchev–Trinajstić information content (AvgIpc) is 2.66. The van der Waals surface area contributed by atoms with Crippen molar-refractivity contribution in [2.45, 2.75) is 12.8 Å². The second-order valence-electron chi connectivity index (χ2n) is 4.80. The number of benzene rings is 1. The fraction of sp³-hybridized carbons (Fsp3) is 0.357. The number of aromatic nitrogens is 1. The lowest BCUT2D eigenvalue weighted by Crippen LogP contribution is -2.38. The first kappa shape index (κ1) is 12.6. The summed E-state index contributed by atoms with van der Waals surface area (Å²) in [4.78, 5) is 12.0. The molecule has 1 N–H and O–H groups in total. The van der Waals surface area contributed by atoms with Crippen molar-refractivity contribution in [1.82, 2.24) is 15.0 Å². The maximum Gasteiger partial charge on any atom is 0.241 e. The highest BCUT2D eigenvalue weighted by Gasteiger charge is 2.19. The molecule has 0 saturated carbocycles. The van der Waals surface area contributed by atoms with Crippen molar-refractivity contribution in [3.63, 3.8) is 0 Å². The third kappa shape index (κ3) is 2.24. The Morgan fingerprint density at radius 2 is 2.00 bits per heavy atom. The molecule has 2 aromatic rings. The van der Waals surface area contributed by atoms with Crippen LogP contribution in [0.2, 0.25) is 0 Å². The molecule has 2 rings (SSSR count). The number of nitrogens with zero attached hydrogens (tertiary/aromatic N) is 2. The van der Waals surface area contributed by atoms with Gasteiger partial charge < -0.3 is 4.57 Å². The lowest BCUT2D eigenvalue weighted by atomic mass is 10.00. The molecular weight excluding hydrogens is 226 g/mol. The van der Waals surface area contributed by atoms with Gasteiger partial charge in [0.2, 0.25) is 5.91 Å². The number of carbonyl (C=O) groups is 1. The Labute approximate surface area is 107 Å². The molecule has 1 atom stereocenters. The van der Waals surface area contributed by atoms with E-state index in [0.717, 1.165) is 16.5 Å². The van der Waals surface area contributed by atoms with Crippen molar-refractivity contribution in [1.29, 1.82) is 0 Å². The Morgan fingerprint density at radius 1 is 1.33 bits per heavy atom. The number of para-hydroxylation sites is 1. The molecule has 1 aromatic carbocycles. The monoisotopic (exact) mass is 245 g/mol. The van der Waals surface area contributed by atoms with E-state index in [1.54, 1.807) is 5.01 Å². The first-order chi connectivity index (χ1) is 8.50. The Bertz CT molecular complexity index is 571. The molecule has 1 aromatic heterocycles. The average molecular weight is 245 g/mol. The number of amides is 1. The van der Waals surface area contributed by atoms with Crippen LogP contribution in [0.1, 0.15) is 18.4 Å². The summed E-state index contributed by atoms with van der Waals surface area (Å²) in [7, 11) is 5.63. The number of nitrogens with one attached hydrogen (secondary N) is 1. The molecule has 96 valence electrons. The zero-order valence-electron chi connectivity index (χ0n) is 11.3. The normalized spacial score (nSPS) is 12.9. The Morgan fingerprint density at radius 3 is 2.67 bits per heavy atom. The second kappa shape index (κ2) is 4.82. The first-order valence-electron chi connectivity index (χ1n) is 6.02. The van der Waals surface area contributed by atoms with Gasteiger partial charge in [-0.15, -0.1) is 0 Å². The molecule has 0 saturated heterocycles. The summed E-state index contributed by atoms with van der Waals surface area (Å²) >= 11 is 0. The highest BCUT2D eigenvalue weighted by Crippen LogP contribution is 2.27. The van der Waals surface area contributed by atoms with Crippen LogP contribution in [0, 0.1) is 0 Å². The molecule has 4 heteroatoms. The molecule has 0 fully saturated rings. The number of hydrogen-bond donors (Lipinski definition) is 1. The lowest BCUT2D eigenvalue weighted by molar-refractivity contribution is -0.125. The molecule has 0 aliphatic heterocycles. The Hall–Kier alpha value is -1.81. The molecule has 1 amide bonds. The van der Waals surface area contributed by atoms with Gasteiger partial charge in [-0.25, -0.2) is 5.01 Å². The van der Waals surface area contributed by atoms with Gasteiger partial charge in [-0.05, 0) is 18.6 Å². The summed E-state index contributed by atoms with van der Waals surface area (Å²) < 4.78 is 2.06. The molecule has 0 bridgehead atoms. The molecule has 0 aliphatic rings. The quantitative estimate of drug-likeness (QED) is 0.838. The largest absolute Gasteiger partial charge is 0.350 e. The van der Waals surface area contributed by atoms with E-state index < -0.39 is 0 Å². The van der Waals surface area contributed by atoms with Crippen LogP contribution in [-0.4, -0.2) is 29.6 Å². The molecule has 18 heavy (non-hydrogen) atoms. The van der Waals surface area contributed by atoms with Gasteiger partial charge in [-0.1, -0.05) is 18.2 Å². The number of carbonyl (C=O) groups excluding carboxylic acids is 1. The standard InChI is InChI=1S/C14H19N3O/c1-10(14(18)15-16(2)3)12-9-17(4)13-8-6-5-7-11(12)13/h5-10H,1-4H3,(H,15,18). The molecule has 4 nitrogen and oxygen atoms in total. The fourth-order valence-corrected chi connectivity index (χ4v) is 2.18. The van der Waals surface area contributed by atoms with E-state index in [-0.39, 0.29) is 11.8 Å².